The molecule has 0 aromatic rings. The quantitative estimate of drug-likeness (QED) is 0.286. The van der Waals surface area contributed by atoms with Crippen LogP contribution < -0.4 is 10.6 Å². The number of ether oxygens (including phenoxy) is 1. The second-order valence-corrected chi connectivity index (χ2v) is 4.76. The molecule has 1 saturated heterocycles. The van der Waals surface area contributed by atoms with E-state index in [1.807, 2.05) is 18.7 Å². The molecule has 0 unspecified atom stereocenters. The summed E-state index contributed by atoms with van der Waals surface area (Å²) in [6.07, 6.45) is 3.46. The molecule has 2 N–H and O–H groups in total. The van der Waals surface area contributed by atoms with Crippen molar-refractivity contribution in [1.29, 1.82) is 0 Å². The monoisotopic (exact) mass is 412 g/mol. The number of hydrogen-bond donors (Lipinski definition) is 2. The predicted molar refractivity (Wildman–Crippen MR) is 96.3 cm³/mol. The first kappa shape index (κ1) is 20.4. The maximum atomic E-state index is 12.0. The van der Waals surface area contributed by atoms with Crippen molar-refractivity contribution in [3.8, 4) is 0 Å². The zero-order valence-electron chi connectivity index (χ0n) is 13.2. The fourth-order valence-electron chi connectivity index (χ4n) is 2.12. The second-order valence-electron chi connectivity index (χ2n) is 4.76. The molecule has 0 saturated carbocycles. The fourth-order valence-corrected chi connectivity index (χ4v) is 2.12. The van der Waals surface area contributed by atoms with E-state index in [0.29, 0.717) is 25.7 Å². The fraction of sp³-hybridized carbons (Fsp3) is 0.857. The highest BCUT2D eigenvalue weighted by Gasteiger charge is 2.15. The molecule has 1 rings (SSSR count). The van der Waals surface area contributed by atoms with Gasteiger partial charge in [-0.25, -0.2) is 4.99 Å². The summed E-state index contributed by atoms with van der Waals surface area (Å²) < 4.78 is 5.26. The van der Waals surface area contributed by atoms with Gasteiger partial charge in [0.1, 0.15) is 6.54 Å². The molecule has 0 aromatic heterocycles. The zero-order valence-corrected chi connectivity index (χ0v) is 15.5. The number of amides is 1. The van der Waals surface area contributed by atoms with E-state index >= 15 is 0 Å². The molecule has 1 amide bonds. The molecule has 1 heterocycles. The number of carbonyl (C=O) groups excluding carboxylic acids is 1. The third-order valence-electron chi connectivity index (χ3n) is 3.17. The minimum absolute atomic E-state index is 0. The van der Waals surface area contributed by atoms with E-state index in [1.54, 1.807) is 0 Å². The largest absolute Gasteiger partial charge is 0.380 e. The summed E-state index contributed by atoms with van der Waals surface area (Å²) >= 11 is 0. The summed E-state index contributed by atoms with van der Waals surface area (Å²) in [5.74, 6) is 0.796. The SMILES string of the molecule is CCNC(=NCC(=O)N1CCCCC1)NCCOCC.I. The lowest BCUT2D eigenvalue weighted by atomic mass is 10.1. The van der Waals surface area contributed by atoms with Crippen molar-refractivity contribution in [2.75, 3.05) is 45.9 Å². The minimum atomic E-state index is 0. The summed E-state index contributed by atoms with van der Waals surface area (Å²) in [5, 5.41) is 6.29. The van der Waals surface area contributed by atoms with Gasteiger partial charge in [0.15, 0.2) is 5.96 Å². The Hall–Kier alpha value is -0.570. The Labute approximate surface area is 145 Å². The normalized spacial score (nSPS) is 15.3. The van der Waals surface area contributed by atoms with Crippen LogP contribution in [0.4, 0.5) is 0 Å². The summed E-state index contributed by atoms with van der Waals surface area (Å²) in [4.78, 5) is 18.3. The Morgan fingerprint density at radius 3 is 2.52 bits per heavy atom. The van der Waals surface area contributed by atoms with Gasteiger partial charge in [0.25, 0.3) is 0 Å². The Morgan fingerprint density at radius 1 is 1.19 bits per heavy atom. The van der Waals surface area contributed by atoms with Crippen molar-refractivity contribution >= 4 is 35.8 Å². The molecule has 21 heavy (non-hydrogen) atoms. The molecule has 1 aliphatic rings. The smallest absolute Gasteiger partial charge is 0.244 e. The topological polar surface area (TPSA) is 66.0 Å². The van der Waals surface area contributed by atoms with Gasteiger partial charge in [-0.05, 0) is 33.1 Å². The van der Waals surface area contributed by atoms with Crippen LogP contribution >= 0.6 is 24.0 Å². The van der Waals surface area contributed by atoms with Crippen molar-refractivity contribution < 1.29 is 9.53 Å². The number of carbonyl (C=O) groups is 1. The average Bonchev–Trinajstić information content (AvgIpc) is 2.49. The van der Waals surface area contributed by atoms with Crippen LogP contribution in [0.15, 0.2) is 4.99 Å². The summed E-state index contributed by atoms with van der Waals surface area (Å²) in [6, 6.07) is 0. The van der Waals surface area contributed by atoms with E-state index in [2.05, 4.69) is 15.6 Å². The molecular weight excluding hydrogens is 383 g/mol. The average molecular weight is 412 g/mol. The van der Waals surface area contributed by atoms with Gasteiger partial charge in [-0.2, -0.15) is 0 Å². The van der Waals surface area contributed by atoms with Gasteiger partial charge >= 0.3 is 0 Å². The first-order chi connectivity index (χ1) is 9.77. The van der Waals surface area contributed by atoms with Gasteiger partial charge in [-0.3, -0.25) is 4.79 Å². The van der Waals surface area contributed by atoms with Crippen molar-refractivity contribution in [2.45, 2.75) is 33.1 Å². The van der Waals surface area contributed by atoms with Crippen molar-refractivity contribution in [1.82, 2.24) is 15.5 Å². The van der Waals surface area contributed by atoms with Gasteiger partial charge < -0.3 is 20.3 Å². The van der Waals surface area contributed by atoms with Gasteiger partial charge in [0, 0.05) is 32.8 Å². The Balaban J connectivity index is 0.00000400. The van der Waals surface area contributed by atoms with Crippen LogP contribution in [0, 0.1) is 0 Å². The molecule has 0 aromatic carbocycles. The first-order valence-corrected chi connectivity index (χ1v) is 7.65. The highest BCUT2D eigenvalue weighted by Crippen LogP contribution is 2.08. The Morgan fingerprint density at radius 2 is 1.90 bits per heavy atom. The number of piperidine rings is 1. The lowest BCUT2D eigenvalue weighted by Crippen LogP contribution is -2.41. The van der Waals surface area contributed by atoms with Crippen LogP contribution in [0.1, 0.15) is 33.1 Å². The molecule has 0 aliphatic carbocycles. The van der Waals surface area contributed by atoms with Crippen LogP contribution in [-0.4, -0.2) is 62.7 Å². The summed E-state index contributed by atoms with van der Waals surface area (Å²) in [7, 11) is 0. The van der Waals surface area contributed by atoms with Crippen LogP contribution in [0.25, 0.3) is 0 Å². The molecule has 0 radical (unpaired) electrons. The highest BCUT2D eigenvalue weighted by molar-refractivity contribution is 14.0. The van der Waals surface area contributed by atoms with Crippen LogP contribution in [0.2, 0.25) is 0 Å². The molecule has 124 valence electrons. The van der Waals surface area contributed by atoms with Crippen LogP contribution in [-0.2, 0) is 9.53 Å². The first-order valence-electron chi connectivity index (χ1n) is 7.65. The number of nitrogens with one attached hydrogen (secondary N) is 2. The molecule has 6 nitrogen and oxygen atoms in total. The maximum Gasteiger partial charge on any atom is 0.244 e. The van der Waals surface area contributed by atoms with Crippen molar-refractivity contribution in [3.63, 3.8) is 0 Å². The zero-order chi connectivity index (χ0) is 14.6. The number of guanidine groups is 1. The van der Waals surface area contributed by atoms with Gasteiger partial charge in [-0.15, -0.1) is 24.0 Å². The van der Waals surface area contributed by atoms with E-state index in [1.165, 1.54) is 6.42 Å². The summed E-state index contributed by atoms with van der Waals surface area (Å²) in [5.41, 5.74) is 0. The van der Waals surface area contributed by atoms with E-state index in [0.717, 1.165) is 32.5 Å². The molecule has 1 aliphatic heterocycles. The molecule has 0 atom stereocenters. The maximum absolute atomic E-state index is 12.0. The molecule has 0 bridgehead atoms. The van der Waals surface area contributed by atoms with Crippen molar-refractivity contribution in [2.24, 2.45) is 4.99 Å². The van der Waals surface area contributed by atoms with E-state index in [9.17, 15) is 4.79 Å². The minimum Gasteiger partial charge on any atom is -0.380 e. The molecular formula is C14H29IN4O2. The number of nitrogens with zero attached hydrogens (tertiary/aromatic N) is 2. The highest BCUT2D eigenvalue weighted by atomic mass is 127. The van der Waals surface area contributed by atoms with Crippen LogP contribution in [0.3, 0.4) is 0 Å². The number of likely N-dealkylation sites (tertiary alicyclic amines) is 1. The van der Waals surface area contributed by atoms with E-state index in [4.69, 9.17) is 4.74 Å². The Bertz CT molecular complexity index is 307. The molecule has 0 spiro atoms. The lowest BCUT2D eigenvalue weighted by molar-refractivity contribution is -0.130. The standard InChI is InChI=1S/C14H28N4O2.HI/c1-3-15-14(16-8-11-20-4-2)17-12-13(19)18-9-6-5-7-10-18;/h3-12H2,1-2H3,(H2,15,16,17);1H. The number of aliphatic imine (C=N–C) groups is 1. The number of hydrogen-bond acceptors (Lipinski definition) is 3. The second kappa shape index (κ2) is 13.1. The number of halogens is 1. The van der Waals surface area contributed by atoms with Gasteiger partial charge in [0.05, 0.1) is 6.61 Å². The van der Waals surface area contributed by atoms with Gasteiger partial charge in [0.2, 0.25) is 5.91 Å². The third kappa shape index (κ3) is 9.13. The van der Waals surface area contributed by atoms with Crippen LogP contribution in [0.5, 0.6) is 0 Å². The molecule has 7 heteroatoms. The molecule has 1 fully saturated rings. The lowest BCUT2D eigenvalue weighted by Gasteiger charge is -2.26. The van der Waals surface area contributed by atoms with Crippen molar-refractivity contribution in [3.05, 3.63) is 0 Å². The predicted octanol–water partition coefficient (Wildman–Crippen LogP) is 1.21. The van der Waals surface area contributed by atoms with Gasteiger partial charge in [-0.1, -0.05) is 0 Å². The Kier molecular flexibility index (Phi) is 12.8. The number of rotatable bonds is 7. The van der Waals surface area contributed by atoms with E-state index < -0.39 is 0 Å². The van der Waals surface area contributed by atoms with E-state index in [-0.39, 0.29) is 36.4 Å². The third-order valence-corrected chi connectivity index (χ3v) is 3.17. The summed E-state index contributed by atoms with van der Waals surface area (Å²) in [6.45, 7) is 8.76.